The number of nitrogens with one attached hydrogen (secondary N) is 1. The van der Waals surface area contributed by atoms with Crippen molar-refractivity contribution in [2.75, 3.05) is 5.32 Å². The Labute approximate surface area is 159 Å². The second-order valence-corrected chi connectivity index (χ2v) is 6.80. The van der Waals surface area contributed by atoms with Crippen LogP contribution in [0.4, 0.5) is 5.69 Å². The lowest BCUT2D eigenvalue weighted by atomic mass is 10.1. The van der Waals surface area contributed by atoms with Crippen molar-refractivity contribution in [3.63, 3.8) is 0 Å². The number of aryl methyl sites for hydroxylation is 2. The maximum Gasteiger partial charge on any atom is 0.311 e. The molecule has 3 rings (SSSR count). The summed E-state index contributed by atoms with van der Waals surface area (Å²) in [5.74, 6) is -0.762. The number of esters is 1. The quantitative estimate of drug-likeness (QED) is 0.677. The first-order valence-corrected chi connectivity index (χ1v) is 8.97. The Morgan fingerprint density at radius 1 is 0.963 bits per heavy atom. The summed E-state index contributed by atoms with van der Waals surface area (Å²) in [7, 11) is 0. The van der Waals surface area contributed by atoms with E-state index in [1.54, 1.807) is 6.92 Å². The van der Waals surface area contributed by atoms with E-state index < -0.39 is 12.1 Å². The van der Waals surface area contributed by atoms with E-state index in [2.05, 4.69) is 5.32 Å². The lowest BCUT2D eigenvalue weighted by Crippen LogP contribution is -2.30. The maximum atomic E-state index is 12.3. The number of amides is 1. The van der Waals surface area contributed by atoms with E-state index in [1.807, 2.05) is 74.5 Å². The van der Waals surface area contributed by atoms with E-state index >= 15 is 0 Å². The summed E-state index contributed by atoms with van der Waals surface area (Å²) in [5, 5.41) is 5.01. The van der Waals surface area contributed by atoms with Gasteiger partial charge in [-0.3, -0.25) is 9.59 Å². The lowest BCUT2D eigenvalue weighted by molar-refractivity contribution is -0.152. The summed E-state index contributed by atoms with van der Waals surface area (Å²) >= 11 is 0. The Morgan fingerprint density at radius 3 is 2.44 bits per heavy atom. The average molecular weight is 361 g/mol. The van der Waals surface area contributed by atoms with E-state index in [0.717, 1.165) is 33.2 Å². The van der Waals surface area contributed by atoms with Crippen LogP contribution in [0.15, 0.2) is 60.7 Å². The third kappa shape index (κ3) is 4.73. The molecule has 0 unspecified atom stereocenters. The molecule has 1 N–H and O–H groups in total. The van der Waals surface area contributed by atoms with Gasteiger partial charge in [-0.05, 0) is 48.7 Å². The minimum Gasteiger partial charge on any atom is -0.452 e. The largest absolute Gasteiger partial charge is 0.452 e. The number of carbonyl (C=O) groups excluding carboxylic acids is 2. The summed E-state index contributed by atoms with van der Waals surface area (Å²) in [6, 6.07) is 19.6. The monoisotopic (exact) mass is 361 g/mol. The molecular formula is C23H23NO3. The standard InChI is InChI=1S/C23H23NO3/c1-15-8-11-21(16(2)12-15)24-23(26)17(3)27-22(25)14-18-9-10-19-6-4-5-7-20(19)13-18/h4-13,17H,14H2,1-3H3,(H,24,26)/t17-/m0/s1. The van der Waals surface area contributed by atoms with Crippen molar-refractivity contribution in [3.8, 4) is 0 Å². The normalized spacial score (nSPS) is 11.8. The zero-order valence-corrected chi connectivity index (χ0v) is 15.8. The van der Waals surface area contributed by atoms with Gasteiger partial charge in [0.15, 0.2) is 6.10 Å². The first-order valence-electron chi connectivity index (χ1n) is 8.97. The van der Waals surface area contributed by atoms with Gasteiger partial charge in [-0.25, -0.2) is 0 Å². The molecular weight excluding hydrogens is 338 g/mol. The Kier molecular flexibility index (Phi) is 5.55. The summed E-state index contributed by atoms with van der Waals surface area (Å²) < 4.78 is 5.31. The number of rotatable bonds is 5. The van der Waals surface area contributed by atoms with Crippen LogP contribution in [-0.2, 0) is 20.7 Å². The predicted octanol–water partition coefficient (Wildman–Crippen LogP) is 4.57. The van der Waals surface area contributed by atoms with Crippen LogP contribution in [0.2, 0.25) is 0 Å². The van der Waals surface area contributed by atoms with Crippen LogP contribution in [0.5, 0.6) is 0 Å². The SMILES string of the molecule is Cc1ccc(NC(=O)[C@H](C)OC(=O)Cc2ccc3ccccc3c2)c(C)c1. The molecule has 1 atom stereocenters. The number of hydrogen-bond donors (Lipinski definition) is 1. The van der Waals surface area contributed by atoms with Crippen molar-refractivity contribution in [1.29, 1.82) is 0 Å². The molecule has 0 heterocycles. The van der Waals surface area contributed by atoms with Crippen LogP contribution in [0.1, 0.15) is 23.6 Å². The van der Waals surface area contributed by atoms with Crippen LogP contribution in [0.3, 0.4) is 0 Å². The van der Waals surface area contributed by atoms with E-state index in [4.69, 9.17) is 4.74 Å². The van der Waals surface area contributed by atoms with Gasteiger partial charge in [0.05, 0.1) is 6.42 Å². The van der Waals surface area contributed by atoms with Crippen molar-refractivity contribution < 1.29 is 14.3 Å². The first kappa shape index (κ1) is 18.6. The fourth-order valence-corrected chi connectivity index (χ4v) is 3.00. The van der Waals surface area contributed by atoms with Crippen LogP contribution >= 0.6 is 0 Å². The molecule has 0 aliphatic rings. The topological polar surface area (TPSA) is 55.4 Å². The zero-order chi connectivity index (χ0) is 19.4. The van der Waals surface area contributed by atoms with E-state index in [1.165, 1.54) is 0 Å². The van der Waals surface area contributed by atoms with Gasteiger partial charge < -0.3 is 10.1 Å². The molecule has 0 aliphatic heterocycles. The van der Waals surface area contributed by atoms with Gasteiger partial charge in [-0.15, -0.1) is 0 Å². The molecule has 0 bridgehead atoms. The van der Waals surface area contributed by atoms with Gasteiger partial charge >= 0.3 is 5.97 Å². The number of anilines is 1. The molecule has 0 saturated heterocycles. The molecule has 4 nitrogen and oxygen atoms in total. The van der Waals surface area contributed by atoms with E-state index in [0.29, 0.717) is 0 Å². The Bertz CT molecular complexity index is 994. The number of hydrogen-bond acceptors (Lipinski definition) is 3. The fourth-order valence-electron chi connectivity index (χ4n) is 3.00. The smallest absolute Gasteiger partial charge is 0.311 e. The van der Waals surface area contributed by atoms with Crippen molar-refractivity contribution >= 4 is 28.3 Å². The van der Waals surface area contributed by atoms with Gasteiger partial charge in [-0.2, -0.15) is 0 Å². The molecule has 0 radical (unpaired) electrons. The van der Waals surface area contributed by atoms with Crippen LogP contribution in [-0.4, -0.2) is 18.0 Å². The molecule has 0 saturated carbocycles. The number of fused-ring (bicyclic) bond motifs is 1. The highest BCUT2D eigenvalue weighted by Gasteiger charge is 2.18. The highest BCUT2D eigenvalue weighted by Crippen LogP contribution is 2.18. The lowest BCUT2D eigenvalue weighted by Gasteiger charge is -2.15. The van der Waals surface area contributed by atoms with Crippen LogP contribution in [0.25, 0.3) is 10.8 Å². The third-order valence-electron chi connectivity index (χ3n) is 4.48. The molecule has 0 aliphatic carbocycles. The molecule has 27 heavy (non-hydrogen) atoms. The summed E-state index contributed by atoms with van der Waals surface area (Å²) in [6.45, 7) is 5.51. The molecule has 0 aromatic heterocycles. The van der Waals surface area contributed by atoms with Gasteiger partial charge in [0.2, 0.25) is 0 Å². The summed E-state index contributed by atoms with van der Waals surface area (Å²) in [6.07, 6.45) is -0.731. The molecule has 1 amide bonds. The van der Waals surface area contributed by atoms with Gasteiger partial charge in [-0.1, -0.05) is 60.2 Å². The van der Waals surface area contributed by atoms with Crippen LogP contribution < -0.4 is 5.32 Å². The highest BCUT2D eigenvalue weighted by atomic mass is 16.5. The molecule has 3 aromatic carbocycles. The first-order chi connectivity index (χ1) is 12.9. The van der Waals surface area contributed by atoms with Gasteiger partial charge in [0.1, 0.15) is 0 Å². The van der Waals surface area contributed by atoms with Crippen LogP contribution in [0, 0.1) is 13.8 Å². The number of ether oxygens (including phenoxy) is 1. The Morgan fingerprint density at radius 2 is 1.70 bits per heavy atom. The molecule has 0 fully saturated rings. The van der Waals surface area contributed by atoms with Crippen molar-refractivity contribution in [2.24, 2.45) is 0 Å². The maximum absolute atomic E-state index is 12.3. The second kappa shape index (κ2) is 8.04. The fraction of sp³-hybridized carbons (Fsp3) is 0.217. The van der Waals surface area contributed by atoms with Gasteiger partial charge in [0.25, 0.3) is 5.91 Å². The highest BCUT2D eigenvalue weighted by molar-refractivity contribution is 5.95. The third-order valence-corrected chi connectivity index (χ3v) is 4.48. The predicted molar refractivity (Wildman–Crippen MR) is 108 cm³/mol. The Balaban J connectivity index is 1.59. The minimum absolute atomic E-state index is 0.131. The van der Waals surface area contributed by atoms with Crippen molar-refractivity contribution in [3.05, 3.63) is 77.4 Å². The van der Waals surface area contributed by atoms with Gasteiger partial charge in [0, 0.05) is 5.69 Å². The molecule has 3 aromatic rings. The summed E-state index contributed by atoms with van der Waals surface area (Å²) in [5.41, 5.74) is 3.68. The Hall–Kier alpha value is -3.14. The van der Waals surface area contributed by atoms with Crippen molar-refractivity contribution in [1.82, 2.24) is 0 Å². The van der Waals surface area contributed by atoms with Crippen molar-refractivity contribution in [2.45, 2.75) is 33.3 Å². The minimum atomic E-state index is -0.862. The average Bonchev–Trinajstić information content (AvgIpc) is 2.63. The number of benzene rings is 3. The number of carbonyl (C=O) groups is 2. The molecule has 0 spiro atoms. The summed E-state index contributed by atoms with van der Waals surface area (Å²) in [4.78, 5) is 24.5. The zero-order valence-electron chi connectivity index (χ0n) is 15.8. The molecule has 4 heteroatoms. The van der Waals surface area contributed by atoms with E-state index in [-0.39, 0.29) is 12.3 Å². The molecule has 138 valence electrons. The second-order valence-electron chi connectivity index (χ2n) is 6.80. The van der Waals surface area contributed by atoms with E-state index in [9.17, 15) is 9.59 Å².